The van der Waals surface area contributed by atoms with E-state index >= 15 is 0 Å². The molecular weight excluding hydrogens is 258 g/mol. The molecule has 2 heterocycles. The zero-order chi connectivity index (χ0) is 14.5. The van der Waals surface area contributed by atoms with E-state index in [9.17, 15) is 14.7 Å². The number of carboxylic acid groups (broad SMARTS) is 1. The minimum absolute atomic E-state index is 0.0956. The highest BCUT2D eigenvalue weighted by atomic mass is 16.4. The average Bonchev–Trinajstić information content (AvgIpc) is 2.99. The summed E-state index contributed by atoms with van der Waals surface area (Å²) in [6.07, 6.45) is 2.53. The summed E-state index contributed by atoms with van der Waals surface area (Å²) >= 11 is 0. The smallest absolute Gasteiger partial charge is 0.311 e. The molecule has 1 aromatic rings. The van der Waals surface area contributed by atoms with Gasteiger partial charge in [0, 0.05) is 20.1 Å². The minimum Gasteiger partial charge on any atom is -0.481 e. The Morgan fingerprint density at radius 3 is 2.80 bits per heavy atom. The van der Waals surface area contributed by atoms with Gasteiger partial charge in [-0.25, -0.2) is 0 Å². The fourth-order valence-corrected chi connectivity index (χ4v) is 3.77. The zero-order valence-corrected chi connectivity index (χ0v) is 11.8. The Morgan fingerprint density at radius 2 is 2.25 bits per heavy atom. The van der Waals surface area contributed by atoms with Crippen molar-refractivity contribution in [3.63, 3.8) is 0 Å². The first-order chi connectivity index (χ1) is 9.44. The third-order valence-electron chi connectivity index (χ3n) is 4.80. The summed E-state index contributed by atoms with van der Waals surface area (Å²) in [5.74, 6) is -0.766. The third-order valence-corrected chi connectivity index (χ3v) is 4.80. The summed E-state index contributed by atoms with van der Waals surface area (Å²) in [5, 5.41) is 13.7. The highest BCUT2D eigenvalue weighted by molar-refractivity contribution is 5.93. The van der Waals surface area contributed by atoms with Crippen molar-refractivity contribution in [2.45, 2.75) is 26.2 Å². The number of fused-ring (bicyclic) bond motifs is 1. The van der Waals surface area contributed by atoms with Gasteiger partial charge in [-0.15, -0.1) is 0 Å². The molecule has 2 fully saturated rings. The molecule has 1 N–H and O–H groups in total. The zero-order valence-electron chi connectivity index (χ0n) is 11.8. The van der Waals surface area contributed by atoms with Crippen LogP contribution in [-0.2, 0) is 11.8 Å². The topological polar surface area (TPSA) is 75.4 Å². The number of nitrogens with zero attached hydrogens (tertiary/aromatic N) is 3. The first kappa shape index (κ1) is 13.1. The first-order valence-corrected chi connectivity index (χ1v) is 6.97. The van der Waals surface area contributed by atoms with Gasteiger partial charge in [0.25, 0.3) is 5.91 Å². The SMILES string of the molecule is Cc1cc(C(=O)N2C[C@@H]3CCC[C@@]3(C(=O)O)C2)n(C)n1. The van der Waals surface area contributed by atoms with Crippen molar-refractivity contribution in [1.82, 2.24) is 14.7 Å². The molecule has 1 aliphatic carbocycles. The van der Waals surface area contributed by atoms with Crippen LogP contribution in [0.1, 0.15) is 35.4 Å². The number of hydrogen-bond acceptors (Lipinski definition) is 3. The van der Waals surface area contributed by atoms with Gasteiger partial charge in [0.1, 0.15) is 5.69 Å². The Balaban J connectivity index is 1.85. The van der Waals surface area contributed by atoms with Gasteiger partial charge in [-0.05, 0) is 31.7 Å². The molecule has 1 aliphatic heterocycles. The molecule has 20 heavy (non-hydrogen) atoms. The summed E-state index contributed by atoms with van der Waals surface area (Å²) in [7, 11) is 1.74. The van der Waals surface area contributed by atoms with Crippen molar-refractivity contribution in [3.8, 4) is 0 Å². The van der Waals surface area contributed by atoms with E-state index in [1.165, 1.54) is 0 Å². The van der Waals surface area contributed by atoms with E-state index in [-0.39, 0.29) is 11.8 Å². The number of aromatic nitrogens is 2. The maximum absolute atomic E-state index is 12.5. The Morgan fingerprint density at radius 1 is 1.50 bits per heavy atom. The summed E-state index contributed by atoms with van der Waals surface area (Å²) < 4.78 is 1.57. The summed E-state index contributed by atoms with van der Waals surface area (Å²) in [6, 6.07) is 1.75. The molecule has 0 radical (unpaired) electrons. The standard InChI is InChI=1S/C14H19N3O3/c1-9-6-11(16(2)15-9)12(18)17-7-10-4-3-5-14(10,8-17)13(19)20/h6,10H,3-5,7-8H2,1-2H3,(H,19,20)/t10-,14+/m0/s1. The maximum Gasteiger partial charge on any atom is 0.311 e. The Kier molecular flexibility index (Phi) is 2.84. The minimum atomic E-state index is -0.753. The van der Waals surface area contributed by atoms with Crippen LogP contribution in [0.4, 0.5) is 0 Å². The largest absolute Gasteiger partial charge is 0.481 e. The van der Waals surface area contributed by atoms with Gasteiger partial charge in [0.15, 0.2) is 0 Å². The molecule has 2 aliphatic rings. The summed E-state index contributed by atoms with van der Waals surface area (Å²) in [6.45, 7) is 2.72. The van der Waals surface area contributed by atoms with E-state index in [4.69, 9.17) is 0 Å². The summed E-state index contributed by atoms with van der Waals surface area (Å²) in [4.78, 5) is 25.9. The quantitative estimate of drug-likeness (QED) is 0.877. The molecular formula is C14H19N3O3. The lowest BCUT2D eigenvalue weighted by atomic mass is 9.81. The van der Waals surface area contributed by atoms with Gasteiger partial charge in [-0.1, -0.05) is 6.42 Å². The first-order valence-electron chi connectivity index (χ1n) is 6.97. The van der Waals surface area contributed by atoms with Crippen LogP contribution in [0, 0.1) is 18.3 Å². The van der Waals surface area contributed by atoms with Crippen molar-refractivity contribution in [1.29, 1.82) is 0 Å². The normalized spacial score (nSPS) is 28.7. The van der Waals surface area contributed by atoms with E-state index < -0.39 is 11.4 Å². The van der Waals surface area contributed by atoms with E-state index in [1.807, 2.05) is 6.92 Å². The van der Waals surface area contributed by atoms with Gasteiger partial charge in [-0.3, -0.25) is 14.3 Å². The van der Waals surface area contributed by atoms with Crippen LogP contribution in [0.2, 0.25) is 0 Å². The second kappa shape index (κ2) is 4.33. The predicted molar refractivity (Wildman–Crippen MR) is 71.3 cm³/mol. The van der Waals surface area contributed by atoms with E-state index in [2.05, 4.69) is 5.10 Å². The van der Waals surface area contributed by atoms with Crippen LogP contribution in [0.5, 0.6) is 0 Å². The van der Waals surface area contributed by atoms with E-state index in [0.29, 0.717) is 25.2 Å². The van der Waals surface area contributed by atoms with Crippen molar-refractivity contribution in [3.05, 3.63) is 17.5 Å². The van der Waals surface area contributed by atoms with Crippen molar-refractivity contribution < 1.29 is 14.7 Å². The van der Waals surface area contributed by atoms with Gasteiger partial charge in [0.05, 0.1) is 11.1 Å². The molecule has 6 heteroatoms. The van der Waals surface area contributed by atoms with Gasteiger partial charge in [0.2, 0.25) is 0 Å². The number of hydrogen-bond donors (Lipinski definition) is 1. The average molecular weight is 277 g/mol. The highest BCUT2D eigenvalue weighted by Gasteiger charge is 2.56. The van der Waals surface area contributed by atoms with Gasteiger partial charge < -0.3 is 10.0 Å². The number of carbonyl (C=O) groups is 2. The highest BCUT2D eigenvalue weighted by Crippen LogP contribution is 2.49. The monoisotopic (exact) mass is 277 g/mol. The van der Waals surface area contributed by atoms with Crippen molar-refractivity contribution in [2.75, 3.05) is 13.1 Å². The maximum atomic E-state index is 12.5. The fraction of sp³-hybridized carbons (Fsp3) is 0.643. The lowest BCUT2D eigenvalue weighted by Crippen LogP contribution is -2.37. The summed E-state index contributed by atoms with van der Waals surface area (Å²) in [5.41, 5.74) is 0.606. The molecule has 1 saturated heterocycles. The number of carboxylic acids is 1. The van der Waals surface area contributed by atoms with Gasteiger partial charge in [-0.2, -0.15) is 5.10 Å². The van der Waals surface area contributed by atoms with E-state index in [0.717, 1.165) is 18.5 Å². The Labute approximate surface area is 117 Å². The Bertz CT molecular complexity index is 580. The number of carbonyl (C=O) groups excluding carboxylic acids is 1. The molecule has 2 atom stereocenters. The van der Waals surface area contributed by atoms with Crippen LogP contribution in [-0.4, -0.2) is 44.8 Å². The Hall–Kier alpha value is -1.85. The van der Waals surface area contributed by atoms with Crippen LogP contribution in [0.25, 0.3) is 0 Å². The lowest BCUT2D eigenvalue weighted by molar-refractivity contribution is -0.149. The molecule has 108 valence electrons. The molecule has 0 unspecified atom stereocenters. The molecule has 6 nitrogen and oxygen atoms in total. The third kappa shape index (κ3) is 1.74. The van der Waals surface area contributed by atoms with Crippen LogP contribution < -0.4 is 0 Å². The number of aryl methyl sites for hydroxylation is 2. The van der Waals surface area contributed by atoms with Crippen LogP contribution in [0.15, 0.2) is 6.07 Å². The lowest BCUT2D eigenvalue weighted by Gasteiger charge is -2.23. The second-order valence-electron chi connectivity index (χ2n) is 6.03. The molecule has 1 saturated carbocycles. The number of rotatable bonds is 2. The molecule has 1 aromatic heterocycles. The molecule has 0 aromatic carbocycles. The molecule has 0 bridgehead atoms. The molecule has 0 spiro atoms. The number of likely N-dealkylation sites (tertiary alicyclic amines) is 1. The van der Waals surface area contributed by atoms with Crippen LogP contribution in [0.3, 0.4) is 0 Å². The number of aliphatic carboxylic acids is 1. The van der Waals surface area contributed by atoms with Crippen molar-refractivity contribution in [2.24, 2.45) is 18.4 Å². The predicted octanol–water partition coefficient (Wildman–Crippen LogP) is 1.06. The van der Waals surface area contributed by atoms with E-state index in [1.54, 1.807) is 22.7 Å². The second-order valence-corrected chi connectivity index (χ2v) is 6.03. The molecule has 1 amide bonds. The van der Waals surface area contributed by atoms with Gasteiger partial charge >= 0.3 is 5.97 Å². The molecule has 3 rings (SSSR count). The van der Waals surface area contributed by atoms with Crippen molar-refractivity contribution >= 4 is 11.9 Å². The number of amides is 1. The fourth-order valence-electron chi connectivity index (χ4n) is 3.77. The van der Waals surface area contributed by atoms with Crippen LogP contribution >= 0.6 is 0 Å².